The second-order valence-electron chi connectivity index (χ2n) is 5.09. The lowest BCUT2D eigenvalue weighted by Gasteiger charge is -2.26. The predicted octanol–water partition coefficient (Wildman–Crippen LogP) is 3.70. The Bertz CT molecular complexity index is 437. The first-order valence-electron chi connectivity index (χ1n) is 6.66. The predicted molar refractivity (Wildman–Crippen MR) is 72.9 cm³/mol. The van der Waals surface area contributed by atoms with Crippen molar-refractivity contribution in [3.05, 3.63) is 35.4 Å². The number of ketones is 1. The number of aryl methyl sites for hydroxylation is 1. The molecular weight excluding hydrogens is 267 g/mol. The lowest BCUT2D eigenvalue weighted by atomic mass is 10.1. The highest BCUT2D eigenvalue weighted by Gasteiger charge is 2.32. The van der Waals surface area contributed by atoms with Crippen LogP contribution in [0.2, 0.25) is 0 Å². The minimum Gasteiger partial charge on any atom is -0.293 e. The van der Waals surface area contributed by atoms with Crippen molar-refractivity contribution in [2.45, 2.75) is 39.4 Å². The molecule has 0 saturated heterocycles. The maximum atomic E-state index is 12.5. The Labute approximate surface area is 117 Å². The molecular formula is C15H20F3NO. The third kappa shape index (κ3) is 5.33. The third-order valence-electron chi connectivity index (χ3n) is 3.14. The number of carbonyl (C=O) groups is 1. The Kier molecular flexibility index (Phi) is 5.74. The van der Waals surface area contributed by atoms with Gasteiger partial charge in [0.25, 0.3) is 0 Å². The molecule has 0 aromatic heterocycles. The van der Waals surface area contributed by atoms with Crippen molar-refractivity contribution in [3.8, 4) is 0 Å². The smallest absolute Gasteiger partial charge is 0.293 e. The first kappa shape index (κ1) is 16.7. The second kappa shape index (κ2) is 6.88. The number of nitrogens with zero attached hydrogens (tertiary/aromatic N) is 1. The molecule has 5 heteroatoms. The largest absolute Gasteiger partial charge is 0.401 e. The number of benzene rings is 1. The van der Waals surface area contributed by atoms with Crippen LogP contribution in [0.4, 0.5) is 13.2 Å². The van der Waals surface area contributed by atoms with Gasteiger partial charge in [-0.05, 0) is 25.8 Å². The van der Waals surface area contributed by atoms with E-state index in [9.17, 15) is 18.0 Å². The van der Waals surface area contributed by atoms with Gasteiger partial charge >= 0.3 is 6.18 Å². The fourth-order valence-corrected chi connectivity index (χ4v) is 1.85. The first-order valence-corrected chi connectivity index (χ1v) is 6.66. The summed E-state index contributed by atoms with van der Waals surface area (Å²) in [5.74, 6) is -0.286. The van der Waals surface area contributed by atoms with Gasteiger partial charge in [0.05, 0.1) is 13.1 Å². The SMILES string of the molecule is CCc1ccc(C(=O)CN(CC(F)(F)F)C(C)C)cc1. The Balaban J connectivity index is 2.74. The van der Waals surface area contributed by atoms with Gasteiger partial charge in [0, 0.05) is 11.6 Å². The van der Waals surface area contributed by atoms with Crippen LogP contribution < -0.4 is 0 Å². The third-order valence-corrected chi connectivity index (χ3v) is 3.14. The Morgan fingerprint density at radius 2 is 1.75 bits per heavy atom. The number of Topliss-reactive ketones (excluding diaryl/α,β-unsaturated/α-hetero) is 1. The Morgan fingerprint density at radius 3 is 2.15 bits per heavy atom. The van der Waals surface area contributed by atoms with Crippen LogP contribution in [0, 0.1) is 0 Å². The topological polar surface area (TPSA) is 20.3 Å². The van der Waals surface area contributed by atoms with Crippen LogP contribution in [0.1, 0.15) is 36.7 Å². The van der Waals surface area contributed by atoms with Crippen molar-refractivity contribution >= 4 is 5.78 Å². The van der Waals surface area contributed by atoms with Crippen LogP contribution in [-0.4, -0.2) is 36.0 Å². The number of hydrogen-bond acceptors (Lipinski definition) is 2. The van der Waals surface area contributed by atoms with Crippen LogP contribution in [0.5, 0.6) is 0 Å². The number of halogens is 3. The Morgan fingerprint density at radius 1 is 1.20 bits per heavy atom. The molecule has 1 aromatic carbocycles. The second-order valence-corrected chi connectivity index (χ2v) is 5.09. The highest BCUT2D eigenvalue weighted by molar-refractivity contribution is 5.97. The van der Waals surface area contributed by atoms with E-state index in [2.05, 4.69) is 0 Å². The monoisotopic (exact) mass is 287 g/mol. The molecule has 0 fully saturated rings. The van der Waals surface area contributed by atoms with Crippen LogP contribution in [0.15, 0.2) is 24.3 Å². The van der Waals surface area contributed by atoms with E-state index in [0.717, 1.165) is 16.9 Å². The fraction of sp³-hybridized carbons (Fsp3) is 0.533. The molecule has 0 aliphatic rings. The molecule has 1 aromatic rings. The van der Waals surface area contributed by atoms with Gasteiger partial charge < -0.3 is 0 Å². The summed E-state index contributed by atoms with van der Waals surface area (Å²) in [7, 11) is 0. The van der Waals surface area contributed by atoms with Gasteiger partial charge in [0.1, 0.15) is 0 Å². The maximum absolute atomic E-state index is 12.5. The molecule has 20 heavy (non-hydrogen) atoms. The standard InChI is InChI=1S/C15H20F3NO/c1-4-12-5-7-13(8-6-12)14(20)9-19(11(2)3)10-15(16,17)18/h5-8,11H,4,9-10H2,1-3H3. The molecule has 0 bridgehead atoms. The van der Waals surface area contributed by atoms with Gasteiger partial charge in [-0.15, -0.1) is 0 Å². The summed E-state index contributed by atoms with van der Waals surface area (Å²) in [6, 6.07) is 6.67. The number of carbonyl (C=O) groups excluding carboxylic acids is 1. The molecule has 0 aliphatic heterocycles. The van der Waals surface area contributed by atoms with Gasteiger partial charge in [-0.3, -0.25) is 9.69 Å². The van der Waals surface area contributed by atoms with E-state index in [1.54, 1.807) is 26.0 Å². The summed E-state index contributed by atoms with van der Waals surface area (Å²) in [6.07, 6.45) is -3.43. The van der Waals surface area contributed by atoms with Crippen LogP contribution in [0.25, 0.3) is 0 Å². The number of hydrogen-bond donors (Lipinski definition) is 0. The zero-order chi connectivity index (χ0) is 15.3. The molecule has 0 spiro atoms. The molecule has 112 valence electrons. The van der Waals surface area contributed by atoms with Gasteiger partial charge in [0.2, 0.25) is 0 Å². The van der Waals surface area contributed by atoms with Gasteiger partial charge in [0.15, 0.2) is 5.78 Å². The number of rotatable bonds is 6. The van der Waals surface area contributed by atoms with Gasteiger partial charge in [-0.1, -0.05) is 31.2 Å². The van der Waals surface area contributed by atoms with Crippen LogP contribution in [0.3, 0.4) is 0 Å². The van der Waals surface area contributed by atoms with Crippen LogP contribution >= 0.6 is 0 Å². The molecule has 0 N–H and O–H groups in total. The summed E-state index contributed by atoms with van der Waals surface area (Å²) in [6.45, 7) is 4.02. The molecule has 0 aliphatic carbocycles. The van der Waals surface area contributed by atoms with Gasteiger partial charge in [-0.25, -0.2) is 0 Å². The van der Waals surface area contributed by atoms with E-state index in [4.69, 9.17) is 0 Å². The van der Waals surface area contributed by atoms with Crippen molar-refractivity contribution in [1.82, 2.24) is 4.90 Å². The summed E-state index contributed by atoms with van der Waals surface area (Å²) in [4.78, 5) is 13.2. The fourth-order valence-electron chi connectivity index (χ4n) is 1.85. The van der Waals surface area contributed by atoms with E-state index >= 15 is 0 Å². The van der Waals surface area contributed by atoms with E-state index in [-0.39, 0.29) is 18.4 Å². The molecule has 0 amide bonds. The van der Waals surface area contributed by atoms with Crippen molar-refractivity contribution < 1.29 is 18.0 Å². The molecule has 0 radical (unpaired) electrons. The lowest BCUT2D eigenvalue weighted by molar-refractivity contribution is -0.148. The maximum Gasteiger partial charge on any atom is 0.401 e. The molecule has 0 saturated carbocycles. The molecule has 2 nitrogen and oxygen atoms in total. The van der Waals surface area contributed by atoms with Crippen molar-refractivity contribution in [2.75, 3.05) is 13.1 Å². The normalized spacial score (nSPS) is 12.2. The quantitative estimate of drug-likeness (QED) is 0.743. The minimum absolute atomic E-state index is 0.220. The van der Waals surface area contributed by atoms with E-state index in [1.165, 1.54) is 0 Å². The summed E-state index contributed by atoms with van der Waals surface area (Å²) in [5, 5.41) is 0. The number of alkyl halides is 3. The van der Waals surface area contributed by atoms with Crippen molar-refractivity contribution in [2.24, 2.45) is 0 Å². The highest BCUT2D eigenvalue weighted by atomic mass is 19.4. The van der Waals surface area contributed by atoms with E-state index in [1.807, 2.05) is 19.1 Å². The van der Waals surface area contributed by atoms with Gasteiger partial charge in [-0.2, -0.15) is 13.2 Å². The average Bonchev–Trinajstić information content (AvgIpc) is 2.36. The average molecular weight is 287 g/mol. The van der Waals surface area contributed by atoms with Crippen molar-refractivity contribution in [3.63, 3.8) is 0 Å². The molecule has 0 unspecified atom stereocenters. The van der Waals surface area contributed by atoms with Crippen LogP contribution in [-0.2, 0) is 6.42 Å². The summed E-state index contributed by atoms with van der Waals surface area (Å²) >= 11 is 0. The Hall–Kier alpha value is -1.36. The zero-order valence-electron chi connectivity index (χ0n) is 12.0. The molecule has 0 heterocycles. The molecule has 1 rings (SSSR count). The first-order chi connectivity index (χ1) is 9.23. The summed E-state index contributed by atoms with van der Waals surface area (Å²) in [5.41, 5.74) is 1.55. The molecule has 0 atom stereocenters. The zero-order valence-corrected chi connectivity index (χ0v) is 12.0. The van der Waals surface area contributed by atoms with E-state index < -0.39 is 12.7 Å². The summed E-state index contributed by atoms with van der Waals surface area (Å²) < 4.78 is 37.4. The van der Waals surface area contributed by atoms with Crippen molar-refractivity contribution in [1.29, 1.82) is 0 Å². The minimum atomic E-state index is -4.30. The highest BCUT2D eigenvalue weighted by Crippen LogP contribution is 2.18. The van der Waals surface area contributed by atoms with E-state index in [0.29, 0.717) is 5.56 Å². The lowest BCUT2D eigenvalue weighted by Crippen LogP contribution is -2.42.